The van der Waals surface area contributed by atoms with Crippen molar-refractivity contribution in [3.05, 3.63) is 71.3 Å². The Morgan fingerprint density at radius 2 is 1.82 bits per heavy atom. The van der Waals surface area contributed by atoms with Crippen LogP contribution in [0, 0.1) is 11.6 Å². The number of amides is 1. The van der Waals surface area contributed by atoms with Crippen LogP contribution in [0.4, 0.5) is 14.5 Å². The first kappa shape index (κ1) is 21.5. The average molecular weight is 450 g/mol. The first-order chi connectivity index (χ1) is 16.1. The van der Waals surface area contributed by atoms with Crippen LogP contribution < -0.4 is 9.64 Å². The summed E-state index contributed by atoms with van der Waals surface area (Å²) in [6, 6.07) is 13.7. The van der Waals surface area contributed by atoms with Crippen molar-refractivity contribution in [3.8, 4) is 5.75 Å². The maximum absolute atomic E-state index is 14.1. The number of benzene rings is 3. The fourth-order valence-electron chi connectivity index (χ4n) is 4.51. The molecule has 1 fully saturated rings. The highest BCUT2D eigenvalue weighted by atomic mass is 19.1. The summed E-state index contributed by atoms with van der Waals surface area (Å²) in [6.07, 6.45) is 3.13. The Bertz CT molecular complexity index is 1220. The van der Waals surface area contributed by atoms with Gasteiger partial charge in [0.15, 0.2) is 11.6 Å². The van der Waals surface area contributed by atoms with Crippen molar-refractivity contribution in [2.45, 2.75) is 12.8 Å². The highest BCUT2D eigenvalue weighted by molar-refractivity contribution is 6.13. The summed E-state index contributed by atoms with van der Waals surface area (Å²) in [7, 11) is 0. The lowest BCUT2D eigenvalue weighted by Gasteiger charge is -2.36. The molecular formula is C26H25F2N3O2. The summed E-state index contributed by atoms with van der Waals surface area (Å²) in [6.45, 7) is 5.11. The fraction of sp³-hybridized carbons (Fsp3) is 0.308. The SMILES string of the molecule is O=C1N=Cc2cc(F)c(OCCCCN3CCN(c4cccc5cc(F)ccc45)CC3)cc21. The molecule has 1 saturated heterocycles. The van der Waals surface area contributed by atoms with Gasteiger partial charge in [0.05, 0.1) is 12.2 Å². The number of hydrogen-bond acceptors (Lipinski definition) is 4. The minimum atomic E-state index is -0.470. The molecule has 0 N–H and O–H groups in total. The van der Waals surface area contributed by atoms with E-state index in [4.69, 9.17) is 4.74 Å². The van der Waals surface area contributed by atoms with Crippen LogP contribution in [0.25, 0.3) is 10.8 Å². The molecule has 0 saturated carbocycles. The monoisotopic (exact) mass is 449 g/mol. The molecule has 0 radical (unpaired) electrons. The molecule has 0 aromatic heterocycles. The zero-order valence-corrected chi connectivity index (χ0v) is 18.3. The molecule has 2 aliphatic rings. The number of carbonyl (C=O) groups is 1. The highest BCUT2D eigenvalue weighted by Gasteiger charge is 2.20. The average Bonchev–Trinajstić information content (AvgIpc) is 3.18. The summed E-state index contributed by atoms with van der Waals surface area (Å²) in [5.41, 5.74) is 2.04. The Balaban J connectivity index is 1.07. The maximum Gasteiger partial charge on any atom is 0.277 e. The van der Waals surface area contributed by atoms with Gasteiger partial charge in [-0.05, 0) is 61.2 Å². The van der Waals surface area contributed by atoms with E-state index in [2.05, 4.69) is 20.9 Å². The van der Waals surface area contributed by atoms with E-state index >= 15 is 0 Å². The number of halogens is 2. The molecule has 0 bridgehead atoms. The van der Waals surface area contributed by atoms with Crippen molar-refractivity contribution >= 4 is 28.6 Å². The second kappa shape index (κ2) is 9.27. The van der Waals surface area contributed by atoms with Crippen LogP contribution in [0.5, 0.6) is 5.75 Å². The standard InChI is InChI=1S/C26H25F2N3O2/c27-20-6-7-21-18(14-20)4-3-5-24(21)31-11-9-30(10-12-31)8-1-2-13-33-25-16-22-19(15-23(25)28)17-29-26(22)32/h3-7,14-17H,1-2,8-13H2. The zero-order chi connectivity index (χ0) is 22.8. The van der Waals surface area contributed by atoms with E-state index in [9.17, 15) is 13.6 Å². The van der Waals surface area contributed by atoms with E-state index in [0.29, 0.717) is 17.7 Å². The molecule has 0 aliphatic carbocycles. The summed E-state index contributed by atoms with van der Waals surface area (Å²) >= 11 is 0. The molecule has 7 heteroatoms. The molecule has 0 unspecified atom stereocenters. The van der Waals surface area contributed by atoms with Gasteiger partial charge in [0, 0.05) is 49.0 Å². The van der Waals surface area contributed by atoms with Crippen LogP contribution in [-0.2, 0) is 0 Å². The van der Waals surface area contributed by atoms with Gasteiger partial charge in [0.25, 0.3) is 5.91 Å². The molecule has 2 heterocycles. The first-order valence-corrected chi connectivity index (χ1v) is 11.3. The normalized spacial score (nSPS) is 15.9. The van der Waals surface area contributed by atoms with Gasteiger partial charge < -0.3 is 9.64 Å². The number of fused-ring (bicyclic) bond motifs is 2. The molecular weight excluding hydrogens is 424 g/mol. The van der Waals surface area contributed by atoms with E-state index in [1.54, 1.807) is 6.07 Å². The molecule has 5 rings (SSSR count). The van der Waals surface area contributed by atoms with Gasteiger partial charge in [0.1, 0.15) is 5.82 Å². The third-order valence-corrected chi connectivity index (χ3v) is 6.31. The quantitative estimate of drug-likeness (QED) is 0.492. The summed E-state index contributed by atoms with van der Waals surface area (Å²) in [4.78, 5) is 20.1. The molecule has 0 atom stereocenters. The summed E-state index contributed by atoms with van der Waals surface area (Å²) in [5, 5.41) is 2.00. The lowest BCUT2D eigenvalue weighted by molar-refractivity contribution is 0.101. The van der Waals surface area contributed by atoms with Crippen LogP contribution in [0.1, 0.15) is 28.8 Å². The van der Waals surface area contributed by atoms with Crippen LogP contribution in [0.15, 0.2) is 53.5 Å². The molecule has 3 aromatic carbocycles. The first-order valence-electron chi connectivity index (χ1n) is 11.3. The Hall–Kier alpha value is -3.32. The van der Waals surface area contributed by atoms with Crippen molar-refractivity contribution in [2.24, 2.45) is 4.99 Å². The number of ether oxygens (including phenoxy) is 1. The van der Waals surface area contributed by atoms with Crippen LogP contribution in [-0.4, -0.2) is 56.4 Å². The van der Waals surface area contributed by atoms with E-state index in [1.807, 2.05) is 18.2 Å². The van der Waals surface area contributed by atoms with E-state index in [1.165, 1.54) is 24.4 Å². The van der Waals surface area contributed by atoms with Crippen LogP contribution >= 0.6 is 0 Å². The second-order valence-electron chi connectivity index (χ2n) is 8.46. The van der Waals surface area contributed by atoms with E-state index < -0.39 is 5.82 Å². The van der Waals surface area contributed by atoms with Crippen molar-refractivity contribution in [1.82, 2.24) is 4.90 Å². The second-order valence-corrected chi connectivity index (χ2v) is 8.46. The van der Waals surface area contributed by atoms with E-state index in [-0.39, 0.29) is 17.5 Å². The molecule has 33 heavy (non-hydrogen) atoms. The van der Waals surface area contributed by atoms with E-state index in [0.717, 1.165) is 62.0 Å². The third-order valence-electron chi connectivity index (χ3n) is 6.31. The van der Waals surface area contributed by atoms with Crippen molar-refractivity contribution < 1.29 is 18.3 Å². The number of hydrogen-bond donors (Lipinski definition) is 0. The molecule has 3 aromatic rings. The minimum Gasteiger partial charge on any atom is -0.490 e. The highest BCUT2D eigenvalue weighted by Crippen LogP contribution is 2.28. The summed E-state index contributed by atoms with van der Waals surface area (Å²) in [5.74, 6) is -0.932. The molecule has 5 nitrogen and oxygen atoms in total. The number of carbonyl (C=O) groups excluding carboxylic acids is 1. The molecule has 170 valence electrons. The largest absolute Gasteiger partial charge is 0.490 e. The van der Waals surface area contributed by atoms with Gasteiger partial charge in [-0.2, -0.15) is 0 Å². The Labute approximate surface area is 191 Å². The molecule has 0 spiro atoms. The molecule has 2 aliphatic heterocycles. The number of piperazine rings is 1. The predicted octanol–water partition coefficient (Wildman–Crippen LogP) is 4.67. The smallest absolute Gasteiger partial charge is 0.277 e. The van der Waals surface area contributed by atoms with Crippen LogP contribution in [0.3, 0.4) is 0 Å². The Morgan fingerprint density at radius 3 is 2.67 bits per heavy atom. The predicted molar refractivity (Wildman–Crippen MR) is 126 cm³/mol. The van der Waals surface area contributed by atoms with Gasteiger partial charge in [-0.15, -0.1) is 0 Å². The fourth-order valence-corrected chi connectivity index (χ4v) is 4.51. The van der Waals surface area contributed by atoms with Gasteiger partial charge >= 0.3 is 0 Å². The number of anilines is 1. The zero-order valence-electron chi connectivity index (χ0n) is 18.3. The Kier molecular flexibility index (Phi) is 6.05. The van der Waals surface area contributed by atoms with Crippen LogP contribution in [0.2, 0.25) is 0 Å². The topological polar surface area (TPSA) is 45.1 Å². The third kappa shape index (κ3) is 4.59. The van der Waals surface area contributed by atoms with Gasteiger partial charge in [0.2, 0.25) is 0 Å². The van der Waals surface area contributed by atoms with Gasteiger partial charge in [-0.3, -0.25) is 9.69 Å². The molecule has 1 amide bonds. The maximum atomic E-state index is 14.1. The lowest BCUT2D eigenvalue weighted by Crippen LogP contribution is -2.46. The summed E-state index contributed by atoms with van der Waals surface area (Å²) < 4.78 is 33.3. The number of aliphatic imine (C=N–C) groups is 1. The van der Waals surface area contributed by atoms with Crippen molar-refractivity contribution in [2.75, 3.05) is 44.2 Å². The number of rotatable bonds is 7. The number of unbranched alkanes of at least 4 members (excludes halogenated alkanes) is 1. The van der Waals surface area contributed by atoms with Crippen molar-refractivity contribution in [3.63, 3.8) is 0 Å². The van der Waals surface area contributed by atoms with Gasteiger partial charge in [-0.25, -0.2) is 13.8 Å². The van der Waals surface area contributed by atoms with Gasteiger partial charge in [-0.1, -0.05) is 12.1 Å². The lowest BCUT2D eigenvalue weighted by atomic mass is 10.1. The minimum absolute atomic E-state index is 0.108. The van der Waals surface area contributed by atoms with Crippen molar-refractivity contribution in [1.29, 1.82) is 0 Å². The Morgan fingerprint density at radius 1 is 0.970 bits per heavy atom. The number of nitrogens with zero attached hydrogens (tertiary/aromatic N) is 3.